The van der Waals surface area contributed by atoms with Gasteiger partial charge in [0.15, 0.2) is 0 Å². The van der Waals surface area contributed by atoms with Crippen molar-refractivity contribution in [1.82, 2.24) is 0 Å². The zero-order chi connectivity index (χ0) is 19.6. The SMILES string of the molecule is [2H]OC(=O)c1c([2H])c(S(=O)(=O)N([2H])[2H])c(Cl)c([2H])c1NCc1ccco1. The number of aromatic carboxylic acids is 1. The van der Waals surface area contributed by atoms with Gasteiger partial charge >= 0.3 is 5.97 Å². The highest BCUT2D eigenvalue weighted by Gasteiger charge is 2.20. The van der Waals surface area contributed by atoms with Gasteiger partial charge < -0.3 is 14.8 Å². The van der Waals surface area contributed by atoms with Crippen LogP contribution < -0.4 is 10.4 Å². The molecule has 0 aliphatic rings. The van der Waals surface area contributed by atoms with E-state index in [1.165, 1.54) is 6.26 Å². The predicted molar refractivity (Wildman–Crippen MR) is 75.8 cm³/mol. The summed E-state index contributed by atoms with van der Waals surface area (Å²) in [6, 6.07) is 1.48. The number of nitrogens with two attached hydrogens (primary N) is 1. The van der Waals surface area contributed by atoms with Crippen molar-refractivity contribution in [3.8, 4) is 0 Å². The molecule has 0 bridgehead atoms. The van der Waals surface area contributed by atoms with Crippen LogP contribution in [-0.4, -0.2) is 19.5 Å². The maximum absolute atomic E-state index is 12.1. The van der Waals surface area contributed by atoms with E-state index >= 15 is 0 Å². The van der Waals surface area contributed by atoms with E-state index in [0.29, 0.717) is 5.76 Å². The molecule has 21 heavy (non-hydrogen) atoms. The Hall–Kier alpha value is -2.03. The Bertz CT molecular complexity index is 936. The number of rotatable bonds is 6. The zero-order valence-electron chi connectivity index (χ0n) is 15.2. The van der Waals surface area contributed by atoms with Crippen molar-refractivity contribution in [1.29, 1.82) is 1.43 Å². The van der Waals surface area contributed by atoms with E-state index in [1.54, 1.807) is 12.1 Å². The minimum atomic E-state index is -4.89. The Morgan fingerprint density at radius 2 is 2.43 bits per heavy atom. The summed E-state index contributed by atoms with van der Waals surface area (Å²) in [5.74, 6) is -1.02. The fourth-order valence-corrected chi connectivity index (χ4v) is 2.45. The predicted octanol–water partition coefficient (Wildman–Crippen LogP) is 1.89. The fourth-order valence-electron chi connectivity index (χ4n) is 1.51. The lowest BCUT2D eigenvalue weighted by Crippen LogP contribution is -2.15. The number of nitrogens with one attached hydrogen (secondary N) is 1. The minimum absolute atomic E-state index is 0.0396. The number of carboxylic acid groups (broad SMARTS) is 1. The summed E-state index contributed by atoms with van der Waals surface area (Å²) in [7, 11) is -4.89. The van der Waals surface area contributed by atoms with Crippen molar-refractivity contribution in [3.05, 3.63) is 46.8 Å². The lowest BCUT2D eigenvalue weighted by atomic mass is 10.1. The maximum Gasteiger partial charge on any atom is 0.337 e. The van der Waals surface area contributed by atoms with Crippen molar-refractivity contribution in [2.45, 2.75) is 11.4 Å². The molecule has 1 aromatic carbocycles. The molecule has 0 saturated carbocycles. The Balaban J connectivity index is 2.70. The number of primary sulfonamides is 1. The van der Waals surface area contributed by atoms with Crippen LogP contribution in [0.4, 0.5) is 5.69 Å². The third kappa shape index (κ3) is 3.54. The normalized spacial score (nSPS) is 14.7. The molecule has 9 heteroatoms. The molecule has 4 N–H and O–H groups in total. The van der Waals surface area contributed by atoms with Crippen molar-refractivity contribution >= 4 is 33.3 Å². The molecule has 1 heterocycles. The van der Waals surface area contributed by atoms with Gasteiger partial charge in [0.2, 0.25) is 10.0 Å². The van der Waals surface area contributed by atoms with Gasteiger partial charge in [-0.1, -0.05) is 11.6 Å². The molecule has 0 aliphatic carbocycles. The lowest BCUT2D eigenvalue weighted by molar-refractivity contribution is 0.0697. The van der Waals surface area contributed by atoms with Crippen LogP contribution in [0.15, 0.2) is 39.8 Å². The summed E-state index contributed by atoms with van der Waals surface area (Å²) in [5, 5.41) is 4.98. The third-order valence-electron chi connectivity index (χ3n) is 2.40. The molecular weight excluding hydrogens is 320 g/mol. The summed E-state index contributed by atoms with van der Waals surface area (Å²) >= 11 is 5.87. The first kappa shape index (κ1) is 9.82. The van der Waals surface area contributed by atoms with Gasteiger partial charge in [-0.3, -0.25) is 0 Å². The molecule has 2 rings (SSSR count). The van der Waals surface area contributed by atoms with Gasteiger partial charge in [0.05, 0.1) is 31.8 Å². The van der Waals surface area contributed by atoms with Gasteiger partial charge in [-0.05, 0) is 24.2 Å². The summed E-state index contributed by atoms with van der Waals surface area (Å²) in [6.07, 6.45) is 1.38. The van der Waals surface area contributed by atoms with E-state index in [4.69, 9.17) is 23.0 Å². The molecule has 1 aromatic heterocycles. The summed E-state index contributed by atoms with van der Waals surface area (Å²) in [4.78, 5) is 10.8. The monoisotopic (exact) mass is 335 g/mol. The van der Waals surface area contributed by atoms with Crippen molar-refractivity contribution in [3.63, 3.8) is 0 Å². The number of carbonyl (C=O) groups is 1. The average molecular weight is 336 g/mol. The molecule has 2 aromatic rings. The second-order valence-corrected chi connectivity index (χ2v) is 5.57. The van der Waals surface area contributed by atoms with E-state index in [0.717, 1.165) is 0 Å². The average Bonchev–Trinajstić information content (AvgIpc) is 3.09. The smallest absolute Gasteiger partial charge is 0.337 e. The summed E-state index contributed by atoms with van der Waals surface area (Å²) < 4.78 is 65.9. The number of furan rings is 1. The summed E-state index contributed by atoms with van der Waals surface area (Å²) in [6.45, 7) is -0.0396. The van der Waals surface area contributed by atoms with Crippen LogP contribution in [-0.2, 0) is 16.6 Å². The van der Waals surface area contributed by atoms with Crippen LogP contribution in [0.3, 0.4) is 0 Å². The van der Waals surface area contributed by atoms with E-state index in [2.05, 4.69) is 10.4 Å². The highest BCUT2D eigenvalue weighted by Crippen LogP contribution is 2.28. The minimum Gasteiger partial charge on any atom is -0.478 e. The van der Waals surface area contributed by atoms with Gasteiger partial charge in [0.1, 0.15) is 13.5 Å². The van der Waals surface area contributed by atoms with Crippen LogP contribution in [0.1, 0.15) is 18.9 Å². The molecular formula is C12H11ClN2O5S. The highest BCUT2D eigenvalue weighted by molar-refractivity contribution is 7.89. The molecule has 7 nitrogen and oxygen atoms in total. The van der Waals surface area contributed by atoms with Crippen molar-refractivity contribution in [2.75, 3.05) is 5.32 Å². The van der Waals surface area contributed by atoms with E-state index in [1.807, 2.05) is 0 Å². The first-order valence-corrected chi connectivity index (χ1v) is 7.24. The molecule has 0 aliphatic heterocycles. The molecule has 0 fully saturated rings. The maximum atomic E-state index is 12.1. The van der Waals surface area contributed by atoms with E-state index in [-0.39, 0.29) is 12.2 Å². The Kier molecular flexibility index (Phi) is 2.70. The number of anilines is 1. The number of hydrogen-bond acceptors (Lipinski definition) is 6. The first-order chi connectivity index (χ1) is 12.1. The van der Waals surface area contributed by atoms with Gasteiger partial charge in [0, 0.05) is 0 Å². The van der Waals surface area contributed by atoms with Crippen LogP contribution in [0.2, 0.25) is 7.85 Å². The Morgan fingerprint density at radius 3 is 3.05 bits per heavy atom. The molecule has 0 atom stereocenters. The molecule has 0 amide bonds. The summed E-state index contributed by atoms with van der Waals surface area (Å²) in [5.41, 5.74) is -1.10. The quantitative estimate of drug-likeness (QED) is 0.740. The second kappa shape index (κ2) is 5.76. The van der Waals surface area contributed by atoms with E-state index < -0.39 is 48.7 Å². The van der Waals surface area contributed by atoms with Crippen LogP contribution in [0.5, 0.6) is 0 Å². The molecule has 112 valence electrons. The fraction of sp³-hybridized carbons (Fsp3) is 0.0833. The van der Waals surface area contributed by atoms with Gasteiger partial charge in [-0.2, -0.15) is 0 Å². The number of halogens is 1. The second-order valence-electron chi connectivity index (χ2n) is 3.84. The van der Waals surface area contributed by atoms with Crippen LogP contribution in [0, 0.1) is 0 Å². The number of carboxylic acids is 1. The zero-order valence-corrected chi connectivity index (χ0v) is 11.8. The Labute approximate surface area is 132 Å². The largest absolute Gasteiger partial charge is 0.478 e. The first-order valence-electron chi connectivity index (χ1n) is 7.72. The standard InChI is InChI=1S/C12H11ClN2O5S/c13-9-5-10(15-6-7-2-1-3-20-7)8(12(16)17)4-11(9)21(14,18)19/h1-5,15H,6H2,(H,16,17)(H2,14,18,19)/i4D,5D/hD3. The molecule has 0 saturated heterocycles. The van der Waals surface area contributed by atoms with Crippen molar-refractivity contribution in [2.24, 2.45) is 5.13 Å². The number of benzene rings is 1. The molecule has 0 unspecified atom stereocenters. The lowest BCUT2D eigenvalue weighted by Gasteiger charge is -2.11. The van der Waals surface area contributed by atoms with Gasteiger partial charge in [-0.15, -0.1) is 0 Å². The van der Waals surface area contributed by atoms with Gasteiger partial charge in [0.25, 0.3) is 1.43 Å². The number of sulfonamides is 1. The van der Waals surface area contributed by atoms with Crippen LogP contribution >= 0.6 is 11.6 Å². The van der Waals surface area contributed by atoms with Crippen LogP contribution in [0.25, 0.3) is 1.43 Å². The van der Waals surface area contributed by atoms with E-state index in [9.17, 15) is 13.2 Å². The molecule has 0 radical (unpaired) electrons. The highest BCUT2D eigenvalue weighted by atomic mass is 35.5. The Morgan fingerprint density at radius 1 is 1.62 bits per heavy atom. The van der Waals surface area contributed by atoms with Gasteiger partial charge in [-0.25, -0.2) is 18.3 Å². The topological polar surface area (TPSA) is 123 Å². The molecule has 0 spiro atoms. The third-order valence-corrected chi connectivity index (χ3v) is 3.62. The number of hydrogen-bond donors (Lipinski definition) is 3. The van der Waals surface area contributed by atoms with Crippen molar-refractivity contribution < 1.29 is 28.3 Å².